The zero-order valence-corrected chi connectivity index (χ0v) is 19.3. The SMILES string of the molecule is N#CCCn1cc(/C=N\N2CCN(C(c3ccccc3)c3ccccc3)CC2)c2ccccc21. The summed E-state index contributed by atoms with van der Waals surface area (Å²) < 4.78 is 2.15. The van der Waals surface area contributed by atoms with Crippen molar-refractivity contribution in [3.8, 4) is 6.07 Å². The van der Waals surface area contributed by atoms with Gasteiger partial charge in [-0.05, 0) is 17.2 Å². The van der Waals surface area contributed by atoms with E-state index in [1.165, 1.54) is 16.5 Å². The highest BCUT2D eigenvalue weighted by Gasteiger charge is 2.25. The summed E-state index contributed by atoms with van der Waals surface area (Å²) in [5.74, 6) is 0. The van der Waals surface area contributed by atoms with E-state index in [4.69, 9.17) is 10.4 Å². The standard InChI is InChI=1S/C29H29N5/c30-16-9-17-33-23-26(27-14-7-8-15-28(27)33)22-31-34-20-18-32(19-21-34)29(24-10-3-1-4-11-24)25-12-5-2-6-13-25/h1-8,10-15,22-23,29H,9,17-21H2/b31-22-. The third-order valence-electron chi connectivity index (χ3n) is 6.53. The fraction of sp³-hybridized carbons (Fsp3) is 0.241. The number of hydrogen-bond acceptors (Lipinski definition) is 4. The monoisotopic (exact) mass is 447 g/mol. The molecule has 4 aromatic rings. The van der Waals surface area contributed by atoms with Crippen LogP contribution in [0.5, 0.6) is 0 Å². The van der Waals surface area contributed by atoms with Crippen molar-refractivity contribution in [2.24, 2.45) is 5.10 Å². The molecule has 0 amide bonds. The number of para-hydroxylation sites is 1. The minimum Gasteiger partial charge on any atom is -0.346 e. The van der Waals surface area contributed by atoms with Crippen molar-refractivity contribution in [3.05, 3.63) is 108 Å². The van der Waals surface area contributed by atoms with E-state index in [-0.39, 0.29) is 6.04 Å². The number of aryl methyl sites for hydroxylation is 1. The van der Waals surface area contributed by atoms with Gasteiger partial charge in [0.05, 0.1) is 24.7 Å². The smallest absolute Gasteiger partial charge is 0.0640 e. The van der Waals surface area contributed by atoms with Gasteiger partial charge in [0.25, 0.3) is 0 Å². The number of hydrogen-bond donors (Lipinski definition) is 0. The van der Waals surface area contributed by atoms with Gasteiger partial charge in [-0.15, -0.1) is 0 Å². The molecule has 0 saturated carbocycles. The van der Waals surface area contributed by atoms with Crippen molar-refractivity contribution >= 4 is 17.1 Å². The molecule has 1 fully saturated rings. The molecule has 1 aliphatic heterocycles. The van der Waals surface area contributed by atoms with Crippen molar-refractivity contribution < 1.29 is 0 Å². The number of hydrazone groups is 1. The number of benzene rings is 3. The lowest BCUT2D eigenvalue weighted by Crippen LogP contribution is -2.45. The van der Waals surface area contributed by atoms with E-state index in [0.29, 0.717) is 13.0 Å². The number of nitriles is 1. The minimum absolute atomic E-state index is 0.256. The number of aromatic nitrogens is 1. The van der Waals surface area contributed by atoms with E-state index in [0.717, 1.165) is 37.3 Å². The summed E-state index contributed by atoms with van der Waals surface area (Å²) in [6.45, 7) is 4.38. The van der Waals surface area contributed by atoms with E-state index in [1.54, 1.807) is 0 Å². The lowest BCUT2D eigenvalue weighted by molar-refractivity contribution is 0.113. The Kier molecular flexibility index (Phi) is 6.69. The van der Waals surface area contributed by atoms with Gasteiger partial charge >= 0.3 is 0 Å². The first kappa shape index (κ1) is 21.9. The van der Waals surface area contributed by atoms with Gasteiger partial charge in [0.15, 0.2) is 0 Å². The minimum atomic E-state index is 0.256. The summed E-state index contributed by atoms with van der Waals surface area (Å²) in [7, 11) is 0. The van der Waals surface area contributed by atoms with Crippen LogP contribution in [-0.2, 0) is 6.54 Å². The van der Waals surface area contributed by atoms with Gasteiger partial charge in [0.2, 0.25) is 0 Å². The van der Waals surface area contributed by atoms with Crippen LogP contribution in [0.1, 0.15) is 29.2 Å². The summed E-state index contributed by atoms with van der Waals surface area (Å²) in [4.78, 5) is 2.56. The zero-order chi connectivity index (χ0) is 23.2. The number of piperazine rings is 1. The Balaban J connectivity index is 1.30. The summed E-state index contributed by atoms with van der Waals surface area (Å²) in [5, 5.41) is 17.2. The van der Waals surface area contributed by atoms with Gasteiger partial charge in [-0.3, -0.25) is 9.91 Å². The van der Waals surface area contributed by atoms with Crippen molar-refractivity contribution in [1.29, 1.82) is 5.26 Å². The molecule has 5 nitrogen and oxygen atoms in total. The molecule has 0 unspecified atom stereocenters. The fourth-order valence-electron chi connectivity index (χ4n) is 4.85. The first-order chi connectivity index (χ1) is 16.8. The van der Waals surface area contributed by atoms with Gasteiger partial charge in [-0.25, -0.2) is 0 Å². The molecule has 0 atom stereocenters. The van der Waals surface area contributed by atoms with E-state index >= 15 is 0 Å². The second-order valence-corrected chi connectivity index (χ2v) is 8.66. The molecule has 1 aromatic heterocycles. The first-order valence-corrected chi connectivity index (χ1v) is 11.9. The third kappa shape index (κ3) is 4.73. The normalized spacial score (nSPS) is 14.8. The van der Waals surface area contributed by atoms with Crippen LogP contribution in [0.25, 0.3) is 10.9 Å². The Bertz CT molecular complexity index is 1240. The highest BCUT2D eigenvalue weighted by atomic mass is 15.5. The molecule has 34 heavy (non-hydrogen) atoms. The second kappa shape index (κ2) is 10.4. The number of rotatable bonds is 7. The summed E-state index contributed by atoms with van der Waals surface area (Å²) in [6, 6.07) is 32.4. The predicted octanol–water partition coefficient (Wildman–Crippen LogP) is 5.30. The topological polar surface area (TPSA) is 47.6 Å². The van der Waals surface area contributed by atoms with E-state index in [1.807, 2.05) is 12.3 Å². The molecular formula is C29H29N5. The summed E-state index contributed by atoms with van der Waals surface area (Å²) in [6.07, 6.45) is 4.59. The lowest BCUT2D eigenvalue weighted by atomic mass is 9.96. The van der Waals surface area contributed by atoms with Crippen LogP contribution in [0, 0.1) is 11.3 Å². The third-order valence-corrected chi connectivity index (χ3v) is 6.53. The molecule has 5 rings (SSSR count). The molecule has 5 heteroatoms. The molecular weight excluding hydrogens is 418 g/mol. The Labute approximate surface area is 201 Å². The van der Waals surface area contributed by atoms with Gasteiger partial charge in [-0.2, -0.15) is 10.4 Å². The Morgan fingerprint density at radius 3 is 2.09 bits per heavy atom. The van der Waals surface area contributed by atoms with E-state index in [9.17, 15) is 0 Å². The van der Waals surface area contributed by atoms with Crippen LogP contribution in [0.3, 0.4) is 0 Å². The molecule has 2 heterocycles. The van der Waals surface area contributed by atoms with E-state index in [2.05, 4.69) is 106 Å². The summed E-state index contributed by atoms with van der Waals surface area (Å²) in [5.41, 5.74) is 4.91. The molecule has 0 radical (unpaired) electrons. The van der Waals surface area contributed by atoms with Crippen LogP contribution in [0.2, 0.25) is 0 Å². The maximum atomic E-state index is 8.99. The Morgan fingerprint density at radius 1 is 0.824 bits per heavy atom. The Morgan fingerprint density at radius 2 is 1.44 bits per heavy atom. The maximum Gasteiger partial charge on any atom is 0.0640 e. The highest BCUT2D eigenvalue weighted by Crippen LogP contribution is 2.29. The Hall–Kier alpha value is -3.88. The fourth-order valence-corrected chi connectivity index (χ4v) is 4.85. The second-order valence-electron chi connectivity index (χ2n) is 8.66. The van der Waals surface area contributed by atoms with Crippen LogP contribution < -0.4 is 0 Å². The van der Waals surface area contributed by atoms with Crippen LogP contribution in [-0.4, -0.2) is 46.9 Å². The van der Waals surface area contributed by atoms with Crippen LogP contribution >= 0.6 is 0 Å². The molecule has 1 saturated heterocycles. The largest absolute Gasteiger partial charge is 0.346 e. The molecule has 1 aliphatic rings. The predicted molar refractivity (Wildman–Crippen MR) is 138 cm³/mol. The number of nitrogens with zero attached hydrogens (tertiary/aromatic N) is 5. The number of fused-ring (bicyclic) bond motifs is 1. The van der Waals surface area contributed by atoms with E-state index < -0.39 is 0 Å². The molecule has 0 bridgehead atoms. The quantitative estimate of drug-likeness (QED) is 0.361. The van der Waals surface area contributed by atoms with Crippen molar-refractivity contribution in [1.82, 2.24) is 14.5 Å². The van der Waals surface area contributed by atoms with Crippen molar-refractivity contribution in [2.75, 3.05) is 26.2 Å². The molecule has 0 aliphatic carbocycles. The molecule has 3 aromatic carbocycles. The maximum absolute atomic E-state index is 8.99. The van der Waals surface area contributed by atoms with Crippen LogP contribution in [0.4, 0.5) is 0 Å². The van der Waals surface area contributed by atoms with Crippen LogP contribution in [0.15, 0.2) is 96.2 Å². The average molecular weight is 448 g/mol. The lowest BCUT2D eigenvalue weighted by Gasteiger charge is -2.38. The molecule has 0 N–H and O–H groups in total. The van der Waals surface area contributed by atoms with Gasteiger partial charge < -0.3 is 4.57 Å². The first-order valence-electron chi connectivity index (χ1n) is 11.9. The van der Waals surface area contributed by atoms with Gasteiger partial charge in [-0.1, -0.05) is 78.9 Å². The molecule has 0 spiro atoms. The van der Waals surface area contributed by atoms with Crippen molar-refractivity contribution in [2.45, 2.75) is 19.0 Å². The summed E-state index contributed by atoms with van der Waals surface area (Å²) >= 11 is 0. The van der Waals surface area contributed by atoms with Gasteiger partial charge in [0, 0.05) is 55.4 Å². The van der Waals surface area contributed by atoms with Gasteiger partial charge in [0.1, 0.15) is 0 Å². The van der Waals surface area contributed by atoms with Crippen molar-refractivity contribution in [3.63, 3.8) is 0 Å². The molecule has 170 valence electrons. The highest BCUT2D eigenvalue weighted by molar-refractivity contribution is 5.99. The average Bonchev–Trinajstić information content (AvgIpc) is 3.26. The zero-order valence-electron chi connectivity index (χ0n) is 19.3.